The first-order chi connectivity index (χ1) is 11.5. The lowest BCUT2D eigenvalue weighted by Gasteiger charge is -2.24. The number of rotatable bonds is 5. The van der Waals surface area contributed by atoms with E-state index in [2.05, 4.69) is 19.1 Å². The van der Waals surface area contributed by atoms with Crippen LogP contribution in [0, 0.1) is 6.92 Å². The predicted molar refractivity (Wildman–Crippen MR) is 94.5 cm³/mol. The summed E-state index contributed by atoms with van der Waals surface area (Å²) < 4.78 is 0. The molecule has 2 heterocycles. The first-order valence-corrected chi connectivity index (χ1v) is 9.04. The Morgan fingerprint density at radius 3 is 2.58 bits per heavy atom. The van der Waals surface area contributed by atoms with Crippen LogP contribution in [0.3, 0.4) is 0 Å². The third-order valence-corrected chi connectivity index (χ3v) is 5.59. The Hall–Kier alpha value is -2.14. The molecule has 0 aliphatic carbocycles. The molecule has 1 saturated heterocycles. The minimum atomic E-state index is -0.927. The highest BCUT2D eigenvalue weighted by Crippen LogP contribution is 2.36. The van der Waals surface area contributed by atoms with Crippen molar-refractivity contribution < 1.29 is 14.7 Å². The highest BCUT2D eigenvalue weighted by Gasteiger charge is 2.30. The molecule has 0 unspecified atom stereocenters. The molecule has 1 aliphatic rings. The minimum absolute atomic E-state index is 0.186. The number of aryl methyl sites for hydroxylation is 2. The Morgan fingerprint density at radius 2 is 1.96 bits per heavy atom. The van der Waals surface area contributed by atoms with Crippen molar-refractivity contribution in [2.45, 2.75) is 38.6 Å². The van der Waals surface area contributed by atoms with Crippen LogP contribution in [0.15, 0.2) is 36.4 Å². The predicted octanol–water partition coefficient (Wildman–Crippen LogP) is 4.05. The summed E-state index contributed by atoms with van der Waals surface area (Å²) in [6.45, 7) is 2.93. The number of benzene rings is 1. The quantitative estimate of drug-likeness (QED) is 0.891. The van der Waals surface area contributed by atoms with E-state index in [0.717, 1.165) is 24.9 Å². The number of amides is 1. The van der Waals surface area contributed by atoms with E-state index in [1.54, 1.807) is 35.6 Å². The monoisotopic (exact) mass is 343 g/mol. The van der Waals surface area contributed by atoms with Crippen LogP contribution in [0.5, 0.6) is 0 Å². The van der Waals surface area contributed by atoms with Gasteiger partial charge in [-0.1, -0.05) is 12.1 Å². The zero-order valence-electron chi connectivity index (χ0n) is 13.7. The second kappa shape index (κ2) is 7.18. The molecule has 3 rings (SSSR count). The highest BCUT2D eigenvalue weighted by molar-refractivity contribution is 7.12. The van der Waals surface area contributed by atoms with Crippen LogP contribution in [0.25, 0.3) is 0 Å². The second-order valence-electron chi connectivity index (χ2n) is 6.20. The van der Waals surface area contributed by atoms with Crippen molar-refractivity contribution in [2.75, 3.05) is 6.54 Å². The van der Waals surface area contributed by atoms with Gasteiger partial charge in [0.25, 0.3) is 0 Å². The van der Waals surface area contributed by atoms with E-state index in [0.29, 0.717) is 12.8 Å². The number of likely N-dealkylation sites (tertiary alicyclic amines) is 1. The topological polar surface area (TPSA) is 57.6 Å². The van der Waals surface area contributed by atoms with Crippen LogP contribution in [0.4, 0.5) is 0 Å². The molecule has 126 valence electrons. The average Bonchev–Trinajstić information content (AvgIpc) is 3.21. The van der Waals surface area contributed by atoms with Gasteiger partial charge < -0.3 is 10.0 Å². The Labute approximate surface area is 145 Å². The normalized spacial score (nSPS) is 17.2. The van der Waals surface area contributed by atoms with Crippen LogP contribution in [-0.2, 0) is 11.2 Å². The van der Waals surface area contributed by atoms with E-state index in [9.17, 15) is 9.59 Å². The summed E-state index contributed by atoms with van der Waals surface area (Å²) in [6.07, 6.45) is 3.21. The van der Waals surface area contributed by atoms with Gasteiger partial charge in [0, 0.05) is 22.7 Å². The maximum atomic E-state index is 12.6. The number of carbonyl (C=O) groups is 2. The van der Waals surface area contributed by atoms with Crippen LogP contribution in [-0.4, -0.2) is 28.4 Å². The lowest BCUT2D eigenvalue weighted by atomic mass is 10.1. The number of thiophene rings is 1. The maximum Gasteiger partial charge on any atom is 0.335 e. The molecule has 0 saturated carbocycles. The average molecular weight is 343 g/mol. The van der Waals surface area contributed by atoms with Gasteiger partial charge in [-0.3, -0.25) is 4.79 Å². The Morgan fingerprint density at radius 1 is 1.21 bits per heavy atom. The van der Waals surface area contributed by atoms with Crippen molar-refractivity contribution >= 4 is 23.2 Å². The molecule has 0 spiro atoms. The lowest BCUT2D eigenvalue weighted by molar-refractivity contribution is -0.132. The molecule has 1 fully saturated rings. The number of hydrogen-bond acceptors (Lipinski definition) is 3. The number of hydrogen-bond donors (Lipinski definition) is 1. The number of carboxylic acids is 1. The lowest BCUT2D eigenvalue weighted by Crippen LogP contribution is -2.30. The summed E-state index contributed by atoms with van der Waals surface area (Å²) in [6, 6.07) is 11.3. The van der Waals surface area contributed by atoms with Gasteiger partial charge in [0.1, 0.15) is 0 Å². The summed E-state index contributed by atoms with van der Waals surface area (Å²) in [5.41, 5.74) is 1.27. The third-order valence-electron chi connectivity index (χ3n) is 4.49. The van der Waals surface area contributed by atoms with Gasteiger partial charge >= 0.3 is 5.97 Å². The number of carboxylic acid groups (broad SMARTS) is 1. The smallest absolute Gasteiger partial charge is 0.335 e. The van der Waals surface area contributed by atoms with Crippen LogP contribution < -0.4 is 0 Å². The van der Waals surface area contributed by atoms with Gasteiger partial charge in [0.05, 0.1) is 11.6 Å². The summed E-state index contributed by atoms with van der Waals surface area (Å²) in [5, 5.41) is 8.92. The van der Waals surface area contributed by atoms with Crippen molar-refractivity contribution in [3.8, 4) is 0 Å². The first-order valence-electron chi connectivity index (χ1n) is 8.22. The fourth-order valence-corrected chi connectivity index (χ4v) is 4.23. The molecule has 1 aromatic heterocycles. The second-order valence-corrected chi connectivity index (χ2v) is 7.52. The Balaban J connectivity index is 1.60. The van der Waals surface area contributed by atoms with Crippen molar-refractivity contribution in [1.29, 1.82) is 0 Å². The molecule has 4 nitrogen and oxygen atoms in total. The van der Waals surface area contributed by atoms with Gasteiger partial charge in [0.2, 0.25) is 5.91 Å². The number of nitrogens with zero attached hydrogens (tertiary/aromatic N) is 1. The maximum absolute atomic E-state index is 12.6. The summed E-state index contributed by atoms with van der Waals surface area (Å²) in [4.78, 5) is 28.1. The molecule has 1 N–H and O–H groups in total. The first kappa shape index (κ1) is 16.7. The largest absolute Gasteiger partial charge is 0.478 e. The van der Waals surface area contributed by atoms with Crippen molar-refractivity contribution in [1.82, 2.24) is 4.90 Å². The summed E-state index contributed by atoms with van der Waals surface area (Å²) >= 11 is 1.78. The zero-order chi connectivity index (χ0) is 17.1. The fraction of sp³-hybridized carbons (Fsp3) is 0.368. The van der Waals surface area contributed by atoms with Crippen LogP contribution in [0.1, 0.15) is 51.0 Å². The fourth-order valence-electron chi connectivity index (χ4n) is 3.20. The van der Waals surface area contributed by atoms with Gasteiger partial charge in [0.15, 0.2) is 0 Å². The molecule has 1 amide bonds. The molecule has 1 aromatic carbocycles. The van der Waals surface area contributed by atoms with E-state index in [1.165, 1.54) is 9.75 Å². The standard InChI is InChI=1S/C19H21NO3S/c1-13-4-10-17(24-13)16-3-2-12-20(16)18(21)11-7-14-5-8-15(9-6-14)19(22)23/h4-6,8-10,16H,2-3,7,11-12H2,1H3,(H,22,23)/t16-/m1/s1. The van der Waals surface area contributed by atoms with Crippen LogP contribution >= 0.6 is 11.3 Å². The molecule has 1 aliphatic heterocycles. The van der Waals surface area contributed by atoms with E-state index >= 15 is 0 Å². The molecule has 1 atom stereocenters. The van der Waals surface area contributed by atoms with Crippen molar-refractivity contribution in [3.63, 3.8) is 0 Å². The van der Waals surface area contributed by atoms with E-state index in [4.69, 9.17) is 5.11 Å². The Kier molecular flexibility index (Phi) is 5.00. The van der Waals surface area contributed by atoms with E-state index in [1.807, 2.05) is 4.90 Å². The minimum Gasteiger partial charge on any atom is -0.478 e. The molecule has 0 radical (unpaired) electrons. The highest BCUT2D eigenvalue weighted by atomic mass is 32.1. The zero-order valence-corrected chi connectivity index (χ0v) is 14.5. The van der Waals surface area contributed by atoms with E-state index in [-0.39, 0.29) is 17.5 Å². The summed E-state index contributed by atoms with van der Waals surface area (Å²) in [7, 11) is 0. The number of carbonyl (C=O) groups excluding carboxylic acids is 1. The third kappa shape index (κ3) is 3.67. The summed E-state index contributed by atoms with van der Waals surface area (Å²) in [5.74, 6) is -0.741. The van der Waals surface area contributed by atoms with Crippen molar-refractivity contribution in [2.24, 2.45) is 0 Å². The van der Waals surface area contributed by atoms with Gasteiger partial charge in [-0.15, -0.1) is 11.3 Å². The molecular formula is C19H21NO3S. The van der Waals surface area contributed by atoms with Crippen LogP contribution in [0.2, 0.25) is 0 Å². The molecular weight excluding hydrogens is 322 g/mol. The molecule has 0 bridgehead atoms. The number of aromatic carboxylic acids is 1. The Bertz CT molecular complexity index is 735. The molecule has 5 heteroatoms. The van der Waals surface area contributed by atoms with Gasteiger partial charge in [-0.05, 0) is 56.0 Å². The van der Waals surface area contributed by atoms with Crippen molar-refractivity contribution in [3.05, 3.63) is 57.3 Å². The van der Waals surface area contributed by atoms with E-state index < -0.39 is 5.97 Å². The SMILES string of the molecule is Cc1ccc([C@H]2CCCN2C(=O)CCc2ccc(C(=O)O)cc2)s1. The van der Waals surface area contributed by atoms with Gasteiger partial charge in [-0.2, -0.15) is 0 Å². The van der Waals surface area contributed by atoms with Gasteiger partial charge in [-0.25, -0.2) is 4.79 Å². The molecule has 24 heavy (non-hydrogen) atoms. The molecule has 2 aromatic rings.